The first-order valence-electron chi connectivity index (χ1n) is 5.02. The summed E-state index contributed by atoms with van der Waals surface area (Å²) >= 11 is 0. The molecular weight excluding hydrogens is 194 g/mol. The van der Waals surface area contributed by atoms with Crippen LogP contribution in [0.4, 0.5) is 0 Å². The zero-order valence-corrected chi connectivity index (χ0v) is 8.35. The van der Waals surface area contributed by atoms with Gasteiger partial charge in [-0.05, 0) is 12.8 Å². The SMILES string of the molecule is O=C(NC[C@H]1CCCO1)c1cnccn1. The molecule has 1 atom stereocenters. The monoisotopic (exact) mass is 207 g/mol. The molecule has 0 bridgehead atoms. The number of aromatic nitrogens is 2. The molecule has 2 heterocycles. The van der Waals surface area contributed by atoms with Gasteiger partial charge in [-0.15, -0.1) is 0 Å². The van der Waals surface area contributed by atoms with E-state index < -0.39 is 0 Å². The Balaban J connectivity index is 1.82. The Labute approximate surface area is 87.9 Å². The van der Waals surface area contributed by atoms with Crippen LogP contribution in [0.25, 0.3) is 0 Å². The van der Waals surface area contributed by atoms with Crippen LogP contribution in [-0.4, -0.2) is 35.1 Å². The molecule has 1 N–H and O–H groups in total. The van der Waals surface area contributed by atoms with Crippen molar-refractivity contribution < 1.29 is 9.53 Å². The number of carbonyl (C=O) groups is 1. The maximum Gasteiger partial charge on any atom is 0.271 e. The van der Waals surface area contributed by atoms with Gasteiger partial charge in [-0.25, -0.2) is 4.98 Å². The standard InChI is InChI=1S/C10H13N3O2/c14-10(9-7-11-3-4-12-9)13-6-8-2-1-5-15-8/h3-4,7-8H,1-2,5-6H2,(H,13,14)/t8-/m1/s1. The highest BCUT2D eigenvalue weighted by Gasteiger charge is 2.16. The van der Waals surface area contributed by atoms with E-state index >= 15 is 0 Å². The van der Waals surface area contributed by atoms with Gasteiger partial charge in [0.2, 0.25) is 0 Å². The average molecular weight is 207 g/mol. The van der Waals surface area contributed by atoms with E-state index in [1.54, 1.807) is 0 Å². The number of hydrogen-bond acceptors (Lipinski definition) is 4. The van der Waals surface area contributed by atoms with Crippen LogP contribution in [0.3, 0.4) is 0 Å². The summed E-state index contributed by atoms with van der Waals surface area (Å²) in [6.45, 7) is 1.35. The van der Waals surface area contributed by atoms with Gasteiger partial charge in [-0.2, -0.15) is 0 Å². The van der Waals surface area contributed by atoms with E-state index in [0.29, 0.717) is 12.2 Å². The average Bonchev–Trinajstić information content (AvgIpc) is 2.80. The lowest BCUT2D eigenvalue weighted by Crippen LogP contribution is -2.32. The van der Waals surface area contributed by atoms with E-state index in [1.807, 2.05) is 0 Å². The molecule has 1 aliphatic rings. The van der Waals surface area contributed by atoms with Crippen molar-refractivity contribution in [2.45, 2.75) is 18.9 Å². The van der Waals surface area contributed by atoms with Crippen LogP contribution in [0.2, 0.25) is 0 Å². The second-order valence-electron chi connectivity index (χ2n) is 3.44. The molecule has 15 heavy (non-hydrogen) atoms. The van der Waals surface area contributed by atoms with Crippen molar-refractivity contribution in [1.29, 1.82) is 0 Å². The highest BCUT2D eigenvalue weighted by atomic mass is 16.5. The maximum atomic E-state index is 11.5. The zero-order valence-electron chi connectivity index (χ0n) is 8.35. The minimum Gasteiger partial charge on any atom is -0.376 e. The van der Waals surface area contributed by atoms with Gasteiger partial charge in [0, 0.05) is 25.5 Å². The summed E-state index contributed by atoms with van der Waals surface area (Å²) in [5, 5.41) is 2.77. The topological polar surface area (TPSA) is 64.1 Å². The van der Waals surface area contributed by atoms with Crippen molar-refractivity contribution >= 4 is 5.91 Å². The van der Waals surface area contributed by atoms with Crippen molar-refractivity contribution in [3.05, 3.63) is 24.3 Å². The molecule has 5 heteroatoms. The predicted octanol–water partition coefficient (Wildman–Crippen LogP) is 0.385. The maximum absolute atomic E-state index is 11.5. The largest absolute Gasteiger partial charge is 0.376 e. The highest BCUT2D eigenvalue weighted by molar-refractivity contribution is 5.91. The van der Waals surface area contributed by atoms with Gasteiger partial charge in [-0.3, -0.25) is 9.78 Å². The minimum absolute atomic E-state index is 0.158. The summed E-state index contributed by atoms with van der Waals surface area (Å²) in [5.74, 6) is -0.196. The number of nitrogens with one attached hydrogen (secondary N) is 1. The third kappa shape index (κ3) is 2.73. The molecule has 0 unspecified atom stereocenters. The minimum atomic E-state index is -0.196. The van der Waals surface area contributed by atoms with E-state index in [0.717, 1.165) is 19.4 Å². The molecule has 1 fully saturated rings. The van der Waals surface area contributed by atoms with Crippen LogP contribution < -0.4 is 5.32 Å². The number of amides is 1. The lowest BCUT2D eigenvalue weighted by atomic mass is 10.2. The lowest BCUT2D eigenvalue weighted by Gasteiger charge is -2.09. The van der Waals surface area contributed by atoms with Gasteiger partial charge in [0.1, 0.15) is 5.69 Å². The van der Waals surface area contributed by atoms with E-state index in [-0.39, 0.29) is 12.0 Å². The number of carbonyl (C=O) groups excluding carboxylic acids is 1. The Morgan fingerprint density at radius 1 is 1.60 bits per heavy atom. The summed E-state index contributed by atoms with van der Waals surface area (Å²) < 4.78 is 5.39. The highest BCUT2D eigenvalue weighted by Crippen LogP contribution is 2.10. The fourth-order valence-electron chi connectivity index (χ4n) is 1.52. The Hall–Kier alpha value is -1.49. The second kappa shape index (κ2) is 4.84. The van der Waals surface area contributed by atoms with Crippen LogP contribution >= 0.6 is 0 Å². The summed E-state index contributed by atoms with van der Waals surface area (Å²) in [6.07, 6.45) is 6.74. The normalized spacial score (nSPS) is 20.1. The summed E-state index contributed by atoms with van der Waals surface area (Å²) in [6, 6.07) is 0. The summed E-state index contributed by atoms with van der Waals surface area (Å²) in [4.78, 5) is 19.3. The van der Waals surface area contributed by atoms with Crippen LogP contribution in [0.15, 0.2) is 18.6 Å². The lowest BCUT2D eigenvalue weighted by molar-refractivity contribution is 0.0853. The molecule has 1 amide bonds. The molecule has 1 aliphatic heterocycles. The second-order valence-corrected chi connectivity index (χ2v) is 3.44. The number of hydrogen-bond donors (Lipinski definition) is 1. The van der Waals surface area contributed by atoms with Gasteiger partial charge in [-0.1, -0.05) is 0 Å². The molecule has 1 aromatic rings. The number of rotatable bonds is 3. The zero-order chi connectivity index (χ0) is 10.5. The first-order valence-corrected chi connectivity index (χ1v) is 5.02. The Kier molecular flexibility index (Phi) is 3.24. The van der Waals surface area contributed by atoms with Gasteiger partial charge >= 0.3 is 0 Å². The van der Waals surface area contributed by atoms with Crippen molar-refractivity contribution in [3.8, 4) is 0 Å². The van der Waals surface area contributed by atoms with Crippen LogP contribution in [0, 0.1) is 0 Å². The van der Waals surface area contributed by atoms with Crippen molar-refractivity contribution in [2.24, 2.45) is 0 Å². The van der Waals surface area contributed by atoms with Crippen LogP contribution in [0.1, 0.15) is 23.3 Å². The molecule has 0 radical (unpaired) electrons. The molecule has 0 aliphatic carbocycles. The van der Waals surface area contributed by atoms with Crippen LogP contribution in [0.5, 0.6) is 0 Å². The first-order chi connectivity index (χ1) is 7.36. The fourth-order valence-corrected chi connectivity index (χ4v) is 1.52. The summed E-state index contributed by atoms with van der Waals surface area (Å²) in [5.41, 5.74) is 0.343. The summed E-state index contributed by atoms with van der Waals surface area (Å²) in [7, 11) is 0. The van der Waals surface area contributed by atoms with Crippen molar-refractivity contribution in [3.63, 3.8) is 0 Å². The molecule has 0 aromatic carbocycles. The first kappa shape index (κ1) is 10.0. The van der Waals surface area contributed by atoms with E-state index in [9.17, 15) is 4.79 Å². The molecule has 1 aromatic heterocycles. The quantitative estimate of drug-likeness (QED) is 0.778. The van der Waals surface area contributed by atoms with Gasteiger partial charge < -0.3 is 10.1 Å². The number of ether oxygens (including phenoxy) is 1. The molecule has 5 nitrogen and oxygen atoms in total. The number of nitrogens with zero attached hydrogens (tertiary/aromatic N) is 2. The Bertz CT molecular complexity index is 323. The van der Waals surface area contributed by atoms with E-state index in [1.165, 1.54) is 18.6 Å². The van der Waals surface area contributed by atoms with Gasteiger partial charge in [0.15, 0.2) is 0 Å². The van der Waals surface area contributed by atoms with Crippen molar-refractivity contribution in [1.82, 2.24) is 15.3 Å². The Morgan fingerprint density at radius 2 is 2.53 bits per heavy atom. The molecule has 1 saturated heterocycles. The van der Waals surface area contributed by atoms with Gasteiger partial charge in [0.25, 0.3) is 5.91 Å². The van der Waals surface area contributed by atoms with E-state index in [2.05, 4.69) is 15.3 Å². The van der Waals surface area contributed by atoms with Crippen LogP contribution in [-0.2, 0) is 4.74 Å². The fraction of sp³-hybridized carbons (Fsp3) is 0.500. The smallest absolute Gasteiger partial charge is 0.271 e. The van der Waals surface area contributed by atoms with E-state index in [4.69, 9.17) is 4.74 Å². The third-order valence-electron chi connectivity index (χ3n) is 2.31. The predicted molar refractivity (Wildman–Crippen MR) is 53.3 cm³/mol. The molecule has 80 valence electrons. The van der Waals surface area contributed by atoms with Gasteiger partial charge in [0.05, 0.1) is 12.3 Å². The molecule has 0 spiro atoms. The molecule has 0 saturated carbocycles. The molecular formula is C10H13N3O2. The third-order valence-corrected chi connectivity index (χ3v) is 2.31. The Morgan fingerprint density at radius 3 is 3.20 bits per heavy atom. The van der Waals surface area contributed by atoms with Crippen molar-refractivity contribution in [2.75, 3.05) is 13.2 Å². The molecule has 2 rings (SSSR count).